The molecular weight excluding hydrogens is 550 g/mol. The molecule has 1 aromatic heterocycles. The van der Waals surface area contributed by atoms with Gasteiger partial charge in [0.25, 0.3) is 5.91 Å². The van der Waals surface area contributed by atoms with Crippen LogP contribution in [0.5, 0.6) is 0 Å². The first-order valence-corrected chi connectivity index (χ1v) is 16.6. The lowest BCUT2D eigenvalue weighted by Gasteiger charge is -2.30. The number of nitrogens with zero attached hydrogens (tertiary/aromatic N) is 1. The Balaban J connectivity index is 1.14. The van der Waals surface area contributed by atoms with E-state index in [1.165, 1.54) is 48.2 Å². The number of allylic oxidation sites excluding steroid dienone is 1. The molecule has 0 saturated carbocycles. The Morgan fingerprint density at radius 3 is 2.63 bits per heavy atom. The molecule has 2 aliphatic carbocycles. The van der Waals surface area contributed by atoms with E-state index in [4.69, 9.17) is 9.57 Å². The van der Waals surface area contributed by atoms with Crippen LogP contribution in [0.1, 0.15) is 73.1 Å². The van der Waals surface area contributed by atoms with Crippen molar-refractivity contribution < 1.29 is 14.4 Å². The van der Waals surface area contributed by atoms with Gasteiger partial charge in [-0.05, 0) is 113 Å². The van der Waals surface area contributed by atoms with Gasteiger partial charge in [-0.2, -0.15) is 5.06 Å². The average Bonchev–Trinajstić information content (AvgIpc) is 3.54. The summed E-state index contributed by atoms with van der Waals surface area (Å²) in [5.74, 6) is 0.203. The fraction of sp³-hybridized carbons (Fsp3) is 0.342. The number of amides is 1. The number of ether oxygens (including phenoxy) is 1. The molecule has 2 heterocycles. The Bertz CT molecular complexity index is 1680. The van der Waals surface area contributed by atoms with E-state index in [0.29, 0.717) is 13.0 Å². The standard InChI is InChI=1S/C38H39NO3S/c1-25(2)22-37(40)39(42-38-12-5-6-21-41-38)30-10-7-9-28(24-30)35-19-20-36(43-35)29-15-16-32-27(23-29)14-18-33-31-11-4-3-8-26(31)13-17-34(32)33/h3-4,7-11,14,18-20,23-25,38H,5-6,12-13,15-17,21-22H2,1-2H3. The fourth-order valence-electron chi connectivity index (χ4n) is 6.71. The molecule has 0 bridgehead atoms. The zero-order valence-electron chi connectivity index (χ0n) is 25.1. The van der Waals surface area contributed by atoms with Gasteiger partial charge in [0, 0.05) is 29.2 Å². The third-order valence-corrected chi connectivity index (χ3v) is 10.1. The van der Waals surface area contributed by atoms with E-state index in [0.717, 1.165) is 56.2 Å². The van der Waals surface area contributed by atoms with Gasteiger partial charge in [-0.3, -0.25) is 4.79 Å². The van der Waals surface area contributed by atoms with Crippen molar-refractivity contribution in [1.82, 2.24) is 0 Å². The molecule has 1 atom stereocenters. The summed E-state index contributed by atoms with van der Waals surface area (Å²) in [5.41, 5.74) is 12.0. The molecule has 0 N–H and O–H groups in total. The Morgan fingerprint density at radius 2 is 1.77 bits per heavy atom. The first-order chi connectivity index (χ1) is 21.0. The fourth-order valence-corrected chi connectivity index (χ4v) is 7.76. The van der Waals surface area contributed by atoms with E-state index in [9.17, 15) is 4.79 Å². The molecule has 1 fully saturated rings. The van der Waals surface area contributed by atoms with Gasteiger partial charge >= 0.3 is 0 Å². The Kier molecular flexibility index (Phi) is 8.05. The number of carbonyl (C=O) groups is 1. The summed E-state index contributed by atoms with van der Waals surface area (Å²) in [6.45, 7) is 4.79. The predicted octanol–water partition coefficient (Wildman–Crippen LogP) is 9.50. The van der Waals surface area contributed by atoms with Crippen LogP contribution in [0.15, 0.2) is 72.8 Å². The predicted molar refractivity (Wildman–Crippen MR) is 177 cm³/mol. The molecule has 1 saturated heterocycles. The number of thiophene rings is 1. The highest BCUT2D eigenvalue weighted by Gasteiger charge is 2.26. The lowest BCUT2D eigenvalue weighted by atomic mass is 9.78. The lowest BCUT2D eigenvalue weighted by Crippen LogP contribution is -2.38. The minimum absolute atomic E-state index is 0.0371. The number of hydrogen-bond acceptors (Lipinski definition) is 4. The lowest BCUT2D eigenvalue weighted by molar-refractivity contribution is -0.177. The largest absolute Gasteiger partial charge is 0.350 e. The van der Waals surface area contributed by atoms with Gasteiger partial charge in [0.2, 0.25) is 0 Å². The van der Waals surface area contributed by atoms with Gasteiger partial charge in [-0.25, -0.2) is 4.84 Å². The highest BCUT2D eigenvalue weighted by molar-refractivity contribution is 7.16. The van der Waals surface area contributed by atoms with Crippen LogP contribution in [-0.4, -0.2) is 18.8 Å². The van der Waals surface area contributed by atoms with Crippen LogP contribution in [0.4, 0.5) is 5.69 Å². The van der Waals surface area contributed by atoms with Gasteiger partial charge in [0.15, 0.2) is 6.29 Å². The monoisotopic (exact) mass is 589 g/mol. The van der Waals surface area contributed by atoms with E-state index in [-0.39, 0.29) is 18.1 Å². The zero-order chi connectivity index (χ0) is 29.3. The quantitative estimate of drug-likeness (QED) is 0.202. The van der Waals surface area contributed by atoms with E-state index < -0.39 is 0 Å². The number of fused-ring (bicyclic) bond motifs is 5. The third-order valence-electron chi connectivity index (χ3n) is 8.85. The van der Waals surface area contributed by atoms with Gasteiger partial charge < -0.3 is 4.74 Å². The summed E-state index contributed by atoms with van der Waals surface area (Å²) in [4.78, 5) is 22.0. The molecule has 4 nitrogen and oxygen atoms in total. The van der Waals surface area contributed by atoms with Crippen molar-refractivity contribution in [2.24, 2.45) is 5.92 Å². The molecule has 0 spiro atoms. The molecule has 1 unspecified atom stereocenters. The van der Waals surface area contributed by atoms with E-state index in [1.54, 1.807) is 5.56 Å². The number of hydrogen-bond donors (Lipinski definition) is 0. The molecule has 4 aromatic rings. The molecule has 3 aromatic carbocycles. The van der Waals surface area contributed by atoms with Crippen LogP contribution in [0.2, 0.25) is 0 Å². The second-order valence-electron chi connectivity index (χ2n) is 12.4. The SMILES string of the molecule is CC(C)CC(=O)N(OC1CCCCO1)c1cccc(-c2ccc(C3=Cc4ccc5c(c4CC3)CCc3ccccc3-5)s2)c1. The first kappa shape index (κ1) is 28.3. The van der Waals surface area contributed by atoms with Crippen molar-refractivity contribution >= 4 is 34.6 Å². The first-order valence-electron chi connectivity index (χ1n) is 15.8. The van der Waals surface area contributed by atoms with Crippen molar-refractivity contribution in [3.8, 4) is 21.6 Å². The van der Waals surface area contributed by atoms with Crippen molar-refractivity contribution in [3.63, 3.8) is 0 Å². The van der Waals surface area contributed by atoms with E-state index >= 15 is 0 Å². The third kappa shape index (κ3) is 5.86. The van der Waals surface area contributed by atoms with Crippen LogP contribution >= 0.6 is 11.3 Å². The molecule has 3 aliphatic rings. The Morgan fingerprint density at radius 1 is 0.907 bits per heavy atom. The van der Waals surface area contributed by atoms with Gasteiger partial charge in [0.1, 0.15) is 0 Å². The summed E-state index contributed by atoms with van der Waals surface area (Å²) in [6.07, 6.45) is 9.73. The summed E-state index contributed by atoms with van der Waals surface area (Å²) >= 11 is 1.82. The number of benzene rings is 3. The minimum atomic E-state index is -0.386. The van der Waals surface area contributed by atoms with Crippen molar-refractivity contribution in [2.45, 2.75) is 71.5 Å². The second kappa shape index (κ2) is 12.2. The smallest absolute Gasteiger partial charge is 0.251 e. The maximum atomic E-state index is 13.3. The Hall–Kier alpha value is -3.51. The molecule has 1 amide bonds. The van der Waals surface area contributed by atoms with Crippen molar-refractivity contribution in [1.29, 1.82) is 0 Å². The van der Waals surface area contributed by atoms with Gasteiger partial charge in [-0.15, -0.1) is 11.3 Å². The van der Waals surface area contributed by atoms with Crippen LogP contribution in [-0.2, 0) is 33.6 Å². The van der Waals surface area contributed by atoms with E-state index in [1.807, 2.05) is 23.5 Å². The molecule has 0 radical (unpaired) electrons. The van der Waals surface area contributed by atoms with Crippen LogP contribution in [0, 0.1) is 5.92 Å². The zero-order valence-corrected chi connectivity index (χ0v) is 25.9. The second-order valence-corrected chi connectivity index (χ2v) is 13.5. The molecular formula is C38H39NO3S. The molecule has 220 valence electrons. The molecule has 43 heavy (non-hydrogen) atoms. The van der Waals surface area contributed by atoms with Gasteiger partial charge in [-0.1, -0.05) is 68.5 Å². The summed E-state index contributed by atoms with van der Waals surface area (Å²) in [6, 6.07) is 26.2. The Labute approximate surface area is 258 Å². The summed E-state index contributed by atoms with van der Waals surface area (Å²) in [7, 11) is 0. The highest BCUT2D eigenvalue weighted by atomic mass is 32.1. The number of rotatable bonds is 7. The van der Waals surface area contributed by atoms with Crippen LogP contribution in [0.25, 0.3) is 33.2 Å². The maximum absolute atomic E-state index is 13.3. The summed E-state index contributed by atoms with van der Waals surface area (Å²) < 4.78 is 5.82. The molecule has 1 aliphatic heterocycles. The average molecular weight is 590 g/mol. The molecule has 7 rings (SSSR count). The van der Waals surface area contributed by atoms with Gasteiger partial charge in [0.05, 0.1) is 5.69 Å². The summed E-state index contributed by atoms with van der Waals surface area (Å²) in [5, 5.41) is 1.48. The molecule has 5 heteroatoms. The van der Waals surface area contributed by atoms with Crippen LogP contribution in [0.3, 0.4) is 0 Å². The minimum Gasteiger partial charge on any atom is -0.350 e. The number of aryl methyl sites for hydroxylation is 1. The topological polar surface area (TPSA) is 38.8 Å². The number of hydroxylamine groups is 1. The highest BCUT2D eigenvalue weighted by Crippen LogP contribution is 2.42. The van der Waals surface area contributed by atoms with Crippen LogP contribution < -0.4 is 5.06 Å². The number of carbonyl (C=O) groups excluding carboxylic acids is 1. The maximum Gasteiger partial charge on any atom is 0.251 e. The number of anilines is 1. The van der Waals surface area contributed by atoms with E-state index in [2.05, 4.69) is 80.6 Å². The van der Waals surface area contributed by atoms with Crippen molar-refractivity contribution in [3.05, 3.63) is 99.9 Å². The normalized spacial score (nSPS) is 17.6. The van der Waals surface area contributed by atoms with Crippen molar-refractivity contribution in [2.75, 3.05) is 11.7 Å².